The van der Waals surface area contributed by atoms with Crippen LogP contribution in [0, 0.1) is 12.3 Å². The maximum Gasteiger partial charge on any atom is 0.323 e. The van der Waals surface area contributed by atoms with Gasteiger partial charge in [0.05, 0.1) is 7.11 Å². The van der Waals surface area contributed by atoms with Crippen LogP contribution in [0.15, 0.2) is 0 Å². The predicted molar refractivity (Wildman–Crippen MR) is 59.3 cm³/mol. The van der Waals surface area contributed by atoms with Gasteiger partial charge >= 0.3 is 5.97 Å². The van der Waals surface area contributed by atoms with E-state index in [1.54, 1.807) is 0 Å². The van der Waals surface area contributed by atoms with Gasteiger partial charge in [0, 0.05) is 6.42 Å². The van der Waals surface area contributed by atoms with Crippen LogP contribution in [-0.2, 0) is 9.53 Å². The highest BCUT2D eigenvalue weighted by Gasteiger charge is 2.28. The number of piperidine rings is 1. The van der Waals surface area contributed by atoms with Crippen LogP contribution in [-0.4, -0.2) is 37.1 Å². The normalized spacial score (nSPS) is 22.0. The van der Waals surface area contributed by atoms with Crippen LogP contribution in [0.1, 0.15) is 32.1 Å². The molecule has 0 bridgehead atoms. The third kappa shape index (κ3) is 3.56. The maximum atomic E-state index is 11.5. The van der Waals surface area contributed by atoms with Crippen LogP contribution in [0.2, 0.25) is 0 Å². The standard InChI is InChI=1S/C12H19NO2/c1-3-4-6-9-13-10-7-5-8-11(13)12(14)15-2/h1,11H,4-10H2,2H3/t11-/m1/s1. The molecule has 0 radical (unpaired) electrons. The van der Waals surface area contributed by atoms with Crippen LogP contribution >= 0.6 is 0 Å². The lowest BCUT2D eigenvalue weighted by molar-refractivity contribution is -0.148. The summed E-state index contributed by atoms with van der Waals surface area (Å²) in [5, 5.41) is 0. The third-order valence-electron chi connectivity index (χ3n) is 2.85. The number of unbranched alkanes of at least 4 members (excludes halogenated alkanes) is 1. The number of methoxy groups -OCH3 is 1. The lowest BCUT2D eigenvalue weighted by Gasteiger charge is -2.33. The summed E-state index contributed by atoms with van der Waals surface area (Å²) in [5.74, 6) is 2.52. The van der Waals surface area contributed by atoms with Crippen molar-refractivity contribution in [3.8, 4) is 12.3 Å². The number of esters is 1. The number of ether oxygens (including phenoxy) is 1. The number of carbonyl (C=O) groups excluding carboxylic acids is 1. The van der Waals surface area contributed by atoms with Gasteiger partial charge < -0.3 is 4.74 Å². The quantitative estimate of drug-likeness (QED) is 0.398. The van der Waals surface area contributed by atoms with Crippen molar-refractivity contribution in [2.75, 3.05) is 20.2 Å². The number of likely N-dealkylation sites (tertiary alicyclic amines) is 1. The van der Waals surface area contributed by atoms with E-state index < -0.39 is 0 Å². The van der Waals surface area contributed by atoms with Crippen molar-refractivity contribution >= 4 is 5.97 Å². The minimum absolute atomic E-state index is 0.0403. The van der Waals surface area contributed by atoms with Crippen molar-refractivity contribution in [1.82, 2.24) is 4.90 Å². The Morgan fingerprint density at radius 3 is 3.07 bits per heavy atom. The number of hydrogen-bond donors (Lipinski definition) is 0. The molecule has 3 heteroatoms. The Morgan fingerprint density at radius 1 is 1.60 bits per heavy atom. The zero-order valence-electron chi connectivity index (χ0n) is 9.37. The van der Waals surface area contributed by atoms with Crippen LogP contribution in [0.3, 0.4) is 0 Å². The summed E-state index contributed by atoms with van der Waals surface area (Å²) < 4.78 is 4.81. The summed E-state index contributed by atoms with van der Waals surface area (Å²) in [4.78, 5) is 13.7. The van der Waals surface area contributed by atoms with Crippen molar-refractivity contribution in [2.24, 2.45) is 0 Å². The zero-order chi connectivity index (χ0) is 11.1. The van der Waals surface area contributed by atoms with Crippen LogP contribution in [0.5, 0.6) is 0 Å². The molecule has 84 valence electrons. The Labute approximate surface area is 91.8 Å². The molecule has 0 amide bonds. The summed E-state index contributed by atoms with van der Waals surface area (Å²) >= 11 is 0. The smallest absolute Gasteiger partial charge is 0.323 e. The Balaban J connectivity index is 2.43. The molecule has 1 saturated heterocycles. The van der Waals surface area contributed by atoms with E-state index in [1.165, 1.54) is 13.5 Å². The topological polar surface area (TPSA) is 29.5 Å². The summed E-state index contributed by atoms with van der Waals surface area (Å²) in [5.41, 5.74) is 0. The van der Waals surface area contributed by atoms with Gasteiger partial charge in [0.15, 0.2) is 0 Å². The number of nitrogens with zero attached hydrogens (tertiary/aromatic N) is 1. The minimum atomic E-state index is -0.101. The van der Waals surface area contributed by atoms with Gasteiger partial charge in [-0.05, 0) is 32.4 Å². The van der Waals surface area contributed by atoms with Gasteiger partial charge in [-0.25, -0.2) is 0 Å². The van der Waals surface area contributed by atoms with Gasteiger partial charge in [-0.2, -0.15) is 0 Å². The van der Waals surface area contributed by atoms with Crippen LogP contribution in [0.4, 0.5) is 0 Å². The zero-order valence-corrected chi connectivity index (χ0v) is 9.37. The van der Waals surface area contributed by atoms with Gasteiger partial charge in [-0.1, -0.05) is 6.42 Å². The molecule has 1 heterocycles. The van der Waals surface area contributed by atoms with Gasteiger partial charge in [-0.15, -0.1) is 12.3 Å². The second-order valence-electron chi connectivity index (χ2n) is 3.88. The molecule has 1 aliphatic heterocycles. The fourth-order valence-corrected chi connectivity index (χ4v) is 2.05. The number of terminal acetylenes is 1. The average Bonchev–Trinajstić information content (AvgIpc) is 2.29. The van der Waals surface area contributed by atoms with E-state index in [1.807, 2.05) is 0 Å². The van der Waals surface area contributed by atoms with Gasteiger partial charge in [0.2, 0.25) is 0 Å². The van der Waals surface area contributed by atoms with E-state index in [0.717, 1.165) is 38.8 Å². The number of carbonyl (C=O) groups is 1. The fourth-order valence-electron chi connectivity index (χ4n) is 2.05. The first kappa shape index (κ1) is 12.1. The molecular formula is C12H19NO2. The summed E-state index contributed by atoms with van der Waals surface area (Å²) in [7, 11) is 1.45. The first-order valence-electron chi connectivity index (χ1n) is 5.55. The van der Waals surface area contributed by atoms with Crippen molar-refractivity contribution in [3.05, 3.63) is 0 Å². The molecule has 0 spiro atoms. The molecule has 0 aromatic heterocycles. The second kappa shape index (κ2) is 6.47. The molecule has 15 heavy (non-hydrogen) atoms. The molecule has 1 rings (SSSR count). The van der Waals surface area contributed by atoms with Gasteiger partial charge in [-0.3, -0.25) is 9.69 Å². The first-order chi connectivity index (χ1) is 7.29. The number of rotatable bonds is 4. The SMILES string of the molecule is C#CCCCN1CCCC[C@@H]1C(=O)OC. The van der Waals surface area contributed by atoms with Crippen molar-refractivity contribution in [2.45, 2.75) is 38.1 Å². The molecule has 3 nitrogen and oxygen atoms in total. The lowest BCUT2D eigenvalue weighted by atomic mass is 10.0. The second-order valence-corrected chi connectivity index (χ2v) is 3.88. The summed E-state index contributed by atoms with van der Waals surface area (Å²) in [6.45, 7) is 1.90. The maximum absolute atomic E-state index is 11.5. The van der Waals surface area contributed by atoms with Crippen LogP contribution < -0.4 is 0 Å². The fraction of sp³-hybridized carbons (Fsp3) is 0.750. The van der Waals surface area contributed by atoms with E-state index >= 15 is 0 Å². The largest absolute Gasteiger partial charge is 0.468 e. The van der Waals surface area contributed by atoms with Gasteiger partial charge in [0.1, 0.15) is 6.04 Å². The van der Waals surface area contributed by atoms with E-state index in [2.05, 4.69) is 10.8 Å². The van der Waals surface area contributed by atoms with E-state index in [9.17, 15) is 4.79 Å². The molecule has 0 saturated carbocycles. The molecule has 0 unspecified atom stereocenters. The first-order valence-corrected chi connectivity index (χ1v) is 5.55. The summed E-state index contributed by atoms with van der Waals surface area (Å²) in [6, 6.07) is -0.0403. The molecule has 0 N–H and O–H groups in total. The lowest BCUT2D eigenvalue weighted by Crippen LogP contribution is -2.45. The van der Waals surface area contributed by atoms with E-state index in [-0.39, 0.29) is 12.0 Å². The minimum Gasteiger partial charge on any atom is -0.468 e. The molecular weight excluding hydrogens is 190 g/mol. The van der Waals surface area contributed by atoms with E-state index in [0.29, 0.717) is 0 Å². The molecule has 1 atom stereocenters. The Hall–Kier alpha value is -1.01. The van der Waals surface area contributed by atoms with Crippen molar-refractivity contribution in [3.63, 3.8) is 0 Å². The molecule has 0 aliphatic carbocycles. The van der Waals surface area contributed by atoms with Gasteiger partial charge in [0.25, 0.3) is 0 Å². The molecule has 0 aromatic carbocycles. The molecule has 1 fully saturated rings. The van der Waals surface area contributed by atoms with Crippen LogP contribution in [0.25, 0.3) is 0 Å². The van der Waals surface area contributed by atoms with Crippen molar-refractivity contribution < 1.29 is 9.53 Å². The third-order valence-corrected chi connectivity index (χ3v) is 2.85. The average molecular weight is 209 g/mol. The highest BCUT2D eigenvalue weighted by molar-refractivity contribution is 5.75. The highest BCUT2D eigenvalue weighted by atomic mass is 16.5. The van der Waals surface area contributed by atoms with E-state index in [4.69, 9.17) is 11.2 Å². The Kier molecular flexibility index (Phi) is 5.20. The molecule has 0 aromatic rings. The monoisotopic (exact) mass is 209 g/mol. The highest BCUT2D eigenvalue weighted by Crippen LogP contribution is 2.18. The Morgan fingerprint density at radius 2 is 2.40 bits per heavy atom. The number of hydrogen-bond acceptors (Lipinski definition) is 3. The molecule has 1 aliphatic rings. The predicted octanol–water partition coefficient (Wildman–Crippen LogP) is 1.43. The van der Waals surface area contributed by atoms with Crippen molar-refractivity contribution in [1.29, 1.82) is 0 Å². The summed E-state index contributed by atoms with van der Waals surface area (Å²) in [6.07, 6.45) is 10.2. The Bertz CT molecular complexity index is 244.